The third-order valence-electron chi connectivity index (χ3n) is 6.40. The molecule has 0 N–H and O–H groups in total. The largest absolute Gasteiger partial charge is 0.496 e. The zero-order valence-corrected chi connectivity index (χ0v) is 23.8. The molecule has 1 aliphatic heterocycles. The zero-order chi connectivity index (χ0) is 30.9. The molecule has 1 heterocycles. The Labute approximate surface area is 247 Å². The summed E-state index contributed by atoms with van der Waals surface area (Å²) >= 11 is 0. The van der Waals surface area contributed by atoms with Crippen LogP contribution in [0.15, 0.2) is 72.8 Å². The van der Waals surface area contributed by atoms with Crippen molar-refractivity contribution in [2.45, 2.75) is 31.5 Å². The van der Waals surface area contributed by atoms with E-state index in [-0.39, 0.29) is 33.9 Å². The summed E-state index contributed by atoms with van der Waals surface area (Å²) in [6, 6.07) is 19.1. The van der Waals surface area contributed by atoms with Crippen LogP contribution in [0.5, 0.6) is 17.2 Å². The maximum absolute atomic E-state index is 13.3. The highest BCUT2D eigenvalue weighted by molar-refractivity contribution is 5.94. The highest BCUT2D eigenvalue weighted by atomic mass is 16.8. The van der Waals surface area contributed by atoms with Crippen molar-refractivity contribution in [1.82, 2.24) is 0 Å². The number of benzene rings is 3. The first kappa shape index (κ1) is 30.8. The second-order valence-corrected chi connectivity index (χ2v) is 9.09. The van der Waals surface area contributed by atoms with Crippen LogP contribution in [0.1, 0.15) is 38.0 Å². The van der Waals surface area contributed by atoms with Crippen LogP contribution >= 0.6 is 0 Å². The van der Waals surface area contributed by atoms with Gasteiger partial charge in [-0.15, -0.1) is 0 Å². The summed E-state index contributed by atoms with van der Waals surface area (Å²) in [5.74, 6) is -2.49. The van der Waals surface area contributed by atoms with Gasteiger partial charge in [-0.05, 0) is 36.4 Å². The van der Waals surface area contributed by atoms with E-state index < -0.39 is 55.1 Å². The molecule has 0 spiro atoms. The highest BCUT2D eigenvalue weighted by Gasteiger charge is 2.52. The molecule has 1 aliphatic rings. The van der Waals surface area contributed by atoms with E-state index >= 15 is 0 Å². The van der Waals surface area contributed by atoms with Crippen molar-refractivity contribution in [2.75, 3.05) is 27.9 Å². The van der Waals surface area contributed by atoms with Gasteiger partial charge in [0.1, 0.15) is 46.6 Å². The fraction of sp³-hybridized carbons (Fsp3) is 0.290. The Hall–Kier alpha value is -5.10. The van der Waals surface area contributed by atoms with Crippen LogP contribution < -0.4 is 14.2 Å². The fourth-order valence-corrected chi connectivity index (χ4v) is 4.41. The molecule has 4 rings (SSSR count). The summed E-state index contributed by atoms with van der Waals surface area (Å²) < 4.78 is 43.9. The average Bonchev–Trinajstić information content (AvgIpc) is 3.33. The number of ether oxygens (including phenoxy) is 8. The average molecular weight is 595 g/mol. The summed E-state index contributed by atoms with van der Waals surface area (Å²) in [6.07, 6.45) is -5.57. The van der Waals surface area contributed by atoms with Gasteiger partial charge in [-0.1, -0.05) is 36.4 Å². The molecule has 1 fully saturated rings. The van der Waals surface area contributed by atoms with E-state index in [1.54, 1.807) is 54.6 Å². The quantitative estimate of drug-likeness (QED) is 0.236. The van der Waals surface area contributed by atoms with Crippen molar-refractivity contribution in [2.24, 2.45) is 0 Å². The van der Waals surface area contributed by atoms with E-state index in [0.29, 0.717) is 0 Å². The molecular formula is C31H30O12. The molecule has 12 nitrogen and oxygen atoms in total. The third-order valence-corrected chi connectivity index (χ3v) is 6.40. The second kappa shape index (κ2) is 14.2. The lowest BCUT2D eigenvalue weighted by Crippen LogP contribution is -2.42. The van der Waals surface area contributed by atoms with Crippen molar-refractivity contribution in [3.05, 3.63) is 89.5 Å². The predicted molar refractivity (Wildman–Crippen MR) is 148 cm³/mol. The smallest absolute Gasteiger partial charge is 0.344 e. The molecule has 0 saturated carbocycles. The van der Waals surface area contributed by atoms with Gasteiger partial charge in [0.15, 0.2) is 6.10 Å². The molecule has 0 bridgehead atoms. The lowest BCUT2D eigenvalue weighted by atomic mass is 10.1. The molecule has 1 saturated heterocycles. The summed E-state index contributed by atoms with van der Waals surface area (Å²) in [5.41, 5.74) is 0.288. The van der Waals surface area contributed by atoms with Gasteiger partial charge in [0.25, 0.3) is 0 Å². The van der Waals surface area contributed by atoms with Crippen LogP contribution in [-0.2, 0) is 28.5 Å². The topological polar surface area (TPSA) is 142 Å². The number of methoxy groups -OCH3 is 3. The Morgan fingerprint density at radius 3 is 1.51 bits per heavy atom. The van der Waals surface area contributed by atoms with Crippen molar-refractivity contribution >= 4 is 23.9 Å². The molecule has 3 aromatic carbocycles. The first-order valence-corrected chi connectivity index (χ1v) is 13.1. The van der Waals surface area contributed by atoms with Crippen LogP contribution in [0.25, 0.3) is 0 Å². The van der Waals surface area contributed by atoms with Crippen LogP contribution in [-0.4, -0.2) is 76.4 Å². The Morgan fingerprint density at radius 1 is 0.605 bits per heavy atom. The Kier molecular flexibility index (Phi) is 10.2. The molecule has 0 amide bonds. The molecule has 4 atom stereocenters. The molecule has 43 heavy (non-hydrogen) atoms. The van der Waals surface area contributed by atoms with Gasteiger partial charge >= 0.3 is 23.9 Å². The minimum Gasteiger partial charge on any atom is -0.496 e. The Balaban J connectivity index is 1.63. The van der Waals surface area contributed by atoms with E-state index in [1.807, 2.05) is 0 Å². The van der Waals surface area contributed by atoms with Crippen molar-refractivity contribution in [3.8, 4) is 17.2 Å². The number of rotatable bonds is 11. The Morgan fingerprint density at radius 2 is 1.05 bits per heavy atom. The lowest BCUT2D eigenvalue weighted by Gasteiger charge is -2.24. The van der Waals surface area contributed by atoms with Gasteiger partial charge in [0, 0.05) is 6.92 Å². The monoisotopic (exact) mass is 594 g/mol. The number of hydrogen-bond donors (Lipinski definition) is 0. The summed E-state index contributed by atoms with van der Waals surface area (Å²) in [7, 11) is 4.18. The molecule has 12 heteroatoms. The molecule has 0 radical (unpaired) electrons. The highest BCUT2D eigenvalue weighted by Crippen LogP contribution is 2.32. The van der Waals surface area contributed by atoms with E-state index in [9.17, 15) is 19.2 Å². The standard InChI is InChI=1S/C31H30O12/c1-18(32)40-27-26(42-29(34)20-12-6-9-15-23(20)37-3)25(17-39-28(33)19-11-5-8-14-22(19)36-2)41-31(27)43-30(35)21-13-7-10-16-24(21)38-4/h5-16,25-27,31H,17H2,1-4H3/t25?,26-,27-,31-/m1/s1. The van der Waals surface area contributed by atoms with Gasteiger partial charge in [0.05, 0.1) is 21.3 Å². The normalized spacial score (nSPS) is 19.1. The first-order valence-electron chi connectivity index (χ1n) is 13.1. The van der Waals surface area contributed by atoms with Gasteiger partial charge in [0.2, 0.25) is 12.4 Å². The summed E-state index contributed by atoms with van der Waals surface area (Å²) in [6.45, 7) is 0.661. The number of carbonyl (C=O) groups is 4. The fourth-order valence-electron chi connectivity index (χ4n) is 4.41. The van der Waals surface area contributed by atoms with Crippen LogP contribution in [0.4, 0.5) is 0 Å². The first-order chi connectivity index (χ1) is 20.8. The maximum Gasteiger partial charge on any atom is 0.344 e. The van der Waals surface area contributed by atoms with Crippen molar-refractivity contribution in [1.29, 1.82) is 0 Å². The number of para-hydroxylation sites is 3. The van der Waals surface area contributed by atoms with Gasteiger partial charge in [-0.3, -0.25) is 4.79 Å². The number of esters is 4. The van der Waals surface area contributed by atoms with Gasteiger partial charge < -0.3 is 37.9 Å². The number of carbonyl (C=O) groups excluding carboxylic acids is 4. The van der Waals surface area contributed by atoms with Crippen LogP contribution in [0.3, 0.4) is 0 Å². The third kappa shape index (κ3) is 7.22. The van der Waals surface area contributed by atoms with Gasteiger partial charge in [-0.2, -0.15) is 0 Å². The Bertz CT molecular complexity index is 1470. The predicted octanol–water partition coefficient (Wildman–Crippen LogP) is 3.61. The van der Waals surface area contributed by atoms with Crippen LogP contribution in [0, 0.1) is 0 Å². The molecule has 226 valence electrons. The lowest BCUT2D eigenvalue weighted by molar-refractivity contribution is -0.172. The number of hydrogen-bond acceptors (Lipinski definition) is 12. The molecule has 1 unspecified atom stereocenters. The van der Waals surface area contributed by atoms with Crippen molar-refractivity contribution in [3.63, 3.8) is 0 Å². The minimum absolute atomic E-state index is 0.0730. The molecular weight excluding hydrogens is 564 g/mol. The zero-order valence-electron chi connectivity index (χ0n) is 23.8. The van der Waals surface area contributed by atoms with Gasteiger partial charge in [-0.25, -0.2) is 14.4 Å². The molecule has 3 aromatic rings. The van der Waals surface area contributed by atoms with E-state index in [2.05, 4.69) is 0 Å². The second-order valence-electron chi connectivity index (χ2n) is 9.09. The maximum atomic E-state index is 13.3. The minimum atomic E-state index is -1.55. The van der Waals surface area contributed by atoms with E-state index in [1.165, 1.54) is 39.5 Å². The molecule has 0 aliphatic carbocycles. The van der Waals surface area contributed by atoms with Crippen molar-refractivity contribution < 1.29 is 57.1 Å². The van der Waals surface area contributed by atoms with E-state index in [0.717, 1.165) is 6.92 Å². The summed E-state index contributed by atoms with van der Waals surface area (Å²) in [4.78, 5) is 51.5. The van der Waals surface area contributed by atoms with Crippen LogP contribution in [0.2, 0.25) is 0 Å². The SMILES string of the molecule is COc1ccccc1C(=O)OCC1O[C@H](OC(=O)c2ccccc2OC)[C@H](OC(C)=O)[C@@H]1OC(=O)c1ccccc1OC. The summed E-state index contributed by atoms with van der Waals surface area (Å²) in [5, 5.41) is 0. The molecule has 0 aromatic heterocycles. The van der Waals surface area contributed by atoms with E-state index in [4.69, 9.17) is 37.9 Å².